The van der Waals surface area contributed by atoms with Crippen LogP contribution in [0, 0.1) is 10.1 Å². The minimum atomic E-state index is -0.393. The molecule has 0 N–H and O–H groups in total. The highest BCUT2D eigenvalue weighted by molar-refractivity contribution is 7.18. The van der Waals surface area contributed by atoms with Crippen molar-refractivity contribution >= 4 is 22.2 Å². The third-order valence-corrected chi connectivity index (χ3v) is 4.24. The third-order valence-electron chi connectivity index (χ3n) is 3.14. The fraction of sp³-hybridized carbons (Fsp3) is 0.308. The molecule has 1 aliphatic rings. The van der Waals surface area contributed by atoms with Crippen molar-refractivity contribution in [1.29, 1.82) is 0 Å². The molecule has 0 spiro atoms. The molecule has 2 aromatic rings. The molecule has 0 bridgehead atoms. The van der Waals surface area contributed by atoms with Gasteiger partial charge >= 0.3 is 0 Å². The van der Waals surface area contributed by atoms with Crippen molar-refractivity contribution in [1.82, 2.24) is 4.98 Å². The van der Waals surface area contributed by atoms with Crippen molar-refractivity contribution < 1.29 is 9.66 Å². The molecule has 6 nitrogen and oxygen atoms in total. The lowest BCUT2D eigenvalue weighted by molar-refractivity contribution is -0.384. The predicted octanol–water partition coefficient (Wildman–Crippen LogP) is 2.55. The number of nitrogens with zero attached hydrogens (tertiary/aromatic N) is 3. The summed E-state index contributed by atoms with van der Waals surface area (Å²) >= 11 is 1.60. The summed E-state index contributed by atoms with van der Waals surface area (Å²) in [5.41, 5.74) is 1.05. The third kappa shape index (κ3) is 2.63. The Morgan fingerprint density at radius 2 is 1.95 bits per heavy atom. The Morgan fingerprint density at radius 3 is 2.60 bits per heavy atom. The Labute approximate surface area is 119 Å². The van der Waals surface area contributed by atoms with E-state index in [1.807, 2.05) is 6.20 Å². The number of ether oxygens (including phenoxy) is 1. The van der Waals surface area contributed by atoms with E-state index in [0.717, 1.165) is 41.9 Å². The van der Waals surface area contributed by atoms with Crippen molar-refractivity contribution in [2.24, 2.45) is 0 Å². The molecule has 0 atom stereocenters. The molecule has 1 aliphatic heterocycles. The van der Waals surface area contributed by atoms with Gasteiger partial charge in [0.15, 0.2) is 5.13 Å². The molecule has 0 radical (unpaired) electrons. The molecule has 1 aromatic carbocycles. The number of thiazole rings is 1. The molecule has 1 aromatic heterocycles. The van der Waals surface area contributed by atoms with Gasteiger partial charge in [-0.05, 0) is 17.7 Å². The standard InChI is InChI=1S/C13H13N3O3S/c17-16(18)11-3-1-10(2-4-11)12-9-14-13(20-12)15-5-7-19-8-6-15/h1-4,9H,5-8H2. The van der Waals surface area contributed by atoms with Crippen LogP contribution >= 0.6 is 11.3 Å². The van der Waals surface area contributed by atoms with Crippen molar-refractivity contribution in [2.45, 2.75) is 0 Å². The first kappa shape index (κ1) is 13.0. The maximum Gasteiger partial charge on any atom is 0.269 e. The van der Waals surface area contributed by atoms with Crippen LogP contribution in [0.1, 0.15) is 0 Å². The van der Waals surface area contributed by atoms with Crippen LogP contribution in [0.5, 0.6) is 0 Å². The molecule has 2 heterocycles. The minimum Gasteiger partial charge on any atom is -0.378 e. The highest BCUT2D eigenvalue weighted by atomic mass is 32.1. The van der Waals surface area contributed by atoms with Crippen LogP contribution in [0.15, 0.2) is 30.5 Å². The SMILES string of the molecule is O=[N+]([O-])c1ccc(-c2cnc(N3CCOCC3)s2)cc1. The maximum atomic E-state index is 10.6. The number of nitro groups is 1. The van der Waals surface area contributed by atoms with Gasteiger partial charge in [-0.2, -0.15) is 0 Å². The minimum absolute atomic E-state index is 0.103. The lowest BCUT2D eigenvalue weighted by atomic mass is 10.2. The number of rotatable bonds is 3. The number of nitro benzene ring substituents is 1. The van der Waals surface area contributed by atoms with Gasteiger partial charge in [0.2, 0.25) is 0 Å². The average molecular weight is 291 g/mol. The number of hydrogen-bond acceptors (Lipinski definition) is 6. The van der Waals surface area contributed by atoms with Crippen LogP contribution in [0.2, 0.25) is 0 Å². The fourth-order valence-electron chi connectivity index (χ4n) is 2.05. The quantitative estimate of drug-likeness (QED) is 0.642. The van der Waals surface area contributed by atoms with Gasteiger partial charge in [0.05, 0.1) is 23.0 Å². The van der Waals surface area contributed by atoms with Crippen molar-refractivity contribution in [2.75, 3.05) is 31.2 Å². The first-order chi connectivity index (χ1) is 9.74. The first-order valence-electron chi connectivity index (χ1n) is 6.27. The predicted molar refractivity (Wildman–Crippen MR) is 77.2 cm³/mol. The summed E-state index contributed by atoms with van der Waals surface area (Å²) in [6.07, 6.45) is 1.82. The van der Waals surface area contributed by atoms with Gasteiger partial charge in [-0.1, -0.05) is 11.3 Å². The zero-order valence-electron chi connectivity index (χ0n) is 10.7. The van der Waals surface area contributed by atoms with Crippen LogP contribution in [0.25, 0.3) is 10.4 Å². The summed E-state index contributed by atoms with van der Waals surface area (Å²) in [5.74, 6) is 0. The fourth-order valence-corrected chi connectivity index (χ4v) is 3.02. The van der Waals surface area contributed by atoms with E-state index in [0.29, 0.717) is 0 Å². The molecule has 1 saturated heterocycles. The van der Waals surface area contributed by atoms with Crippen LogP contribution < -0.4 is 4.90 Å². The van der Waals surface area contributed by atoms with Gasteiger partial charge in [0.1, 0.15) is 0 Å². The Kier molecular flexibility index (Phi) is 3.62. The normalized spacial score (nSPS) is 15.3. The number of anilines is 1. The van der Waals surface area contributed by atoms with E-state index in [9.17, 15) is 10.1 Å². The number of non-ortho nitro benzene ring substituents is 1. The summed E-state index contributed by atoms with van der Waals surface area (Å²) in [4.78, 5) is 17.9. The number of benzene rings is 1. The van der Waals surface area contributed by atoms with E-state index >= 15 is 0 Å². The Bertz CT molecular complexity index is 606. The molecular weight excluding hydrogens is 278 g/mol. The number of morpholine rings is 1. The molecule has 104 valence electrons. The topological polar surface area (TPSA) is 68.5 Å². The van der Waals surface area contributed by atoms with Crippen LogP contribution in [-0.4, -0.2) is 36.2 Å². The van der Waals surface area contributed by atoms with Gasteiger partial charge in [-0.25, -0.2) is 4.98 Å². The van der Waals surface area contributed by atoms with Crippen LogP contribution in [0.3, 0.4) is 0 Å². The number of hydrogen-bond donors (Lipinski definition) is 0. The molecule has 3 rings (SSSR count). The number of aromatic nitrogens is 1. The van der Waals surface area contributed by atoms with Crippen molar-refractivity contribution in [3.05, 3.63) is 40.6 Å². The maximum absolute atomic E-state index is 10.6. The van der Waals surface area contributed by atoms with Gasteiger partial charge in [0, 0.05) is 31.4 Å². The Balaban J connectivity index is 1.80. The van der Waals surface area contributed by atoms with Gasteiger partial charge in [0.25, 0.3) is 5.69 Å². The molecule has 7 heteroatoms. The second kappa shape index (κ2) is 5.56. The van der Waals surface area contributed by atoms with Crippen LogP contribution in [0.4, 0.5) is 10.8 Å². The summed E-state index contributed by atoms with van der Waals surface area (Å²) in [6.45, 7) is 3.17. The lowest BCUT2D eigenvalue weighted by Crippen LogP contribution is -2.36. The molecule has 0 amide bonds. The monoisotopic (exact) mass is 291 g/mol. The summed E-state index contributed by atoms with van der Waals surface area (Å²) in [5, 5.41) is 11.6. The second-order valence-electron chi connectivity index (χ2n) is 4.41. The second-order valence-corrected chi connectivity index (χ2v) is 5.42. The summed E-state index contributed by atoms with van der Waals surface area (Å²) in [7, 11) is 0. The molecule has 1 fully saturated rings. The van der Waals surface area contributed by atoms with Crippen LogP contribution in [-0.2, 0) is 4.74 Å². The largest absolute Gasteiger partial charge is 0.378 e. The molecule has 0 unspecified atom stereocenters. The Morgan fingerprint density at radius 1 is 1.25 bits per heavy atom. The molecule has 0 aliphatic carbocycles. The zero-order chi connectivity index (χ0) is 13.9. The van der Waals surface area contributed by atoms with E-state index in [4.69, 9.17) is 4.74 Å². The van der Waals surface area contributed by atoms with Gasteiger partial charge in [-0.15, -0.1) is 0 Å². The van der Waals surface area contributed by atoms with E-state index in [1.54, 1.807) is 23.5 Å². The molecule has 20 heavy (non-hydrogen) atoms. The summed E-state index contributed by atoms with van der Waals surface area (Å²) in [6, 6.07) is 6.55. The summed E-state index contributed by atoms with van der Waals surface area (Å²) < 4.78 is 5.32. The van der Waals surface area contributed by atoms with Crippen molar-refractivity contribution in [3.8, 4) is 10.4 Å². The van der Waals surface area contributed by atoms with E-state index in [1.165, 1.54) is 12.1 Å². The average Bonchev–Trinajstić information content (AvgIpc) is 2.98. The van der Waals surface area contributed by atoms with Crippen molar-refractivity contribution in [3.63, 3.8) is 0 Å². The molecule has 0 saturated carbocycles. The first-order valence-corrected chi connectivity index (χ1v) is 7.09. The van der Waals surface area contributed by atoms with E-state index in [-0.39, 0.29) is 5.69 Å². The van der Waals surface area contributed by atoms with E-state index in [2.05, 4.69) is 9.88 Å². The van der Waals surface area contributed by atoms with E-state index < -0.39 is 4.92 Å². The smallest absolute Gasteiger partial charge is 0.269 e. The zero-order valence-corrected chi connectivity index (χ0v) is 11.5. The Hall–Kier alpha value is -1.99. The highest BCUT2D eigenvalue weighted by Crippen LogP contribution is 2.32. The highest BCUT2D eigenvalue weighted by Gasteiger charge is 2.15. The van der Waals surface area contributed by atoms with Gasteiger partial charge < -0.3 is 9.64 Å². The van der Waals surface area contributed by atoms with Gasteiger partial charge in [-0.3, -0.25) is 10.1 Å². The molecular formula is C13H13N3O3S. The lowest BCUT2D eigenvalue weighted by Gasteiger charge is -2.25.